The van der Waals surface area contributed by atoms with Crippen molar-refractivity contribution in [1.82, 2.24) is 9.55 Å². The van der Waals surface area contributed by atoms with Crippen LogP contribution < -0.4 is 11.0 Å². The first-order valence-corrected chi connectivity index (χ1v) is 5.10. The molecule has 0 aliphatic heterocycles. The van der Waals surface area contributed by atoms with Crippen molar-refractivity contribution in [1.29, 1.82) is 0 Å². The Bertz CT molecular complexity index is 595. The number of anilines is 1. The zero-order valence-electron chi connectivity index (χ0n) is 9.20. The van der Waals surface area contributed by atoms with E-state index in [2.05, 4.69) is 10.3 Å². The Labute approximate surface area is 92.1 Å². The SMILES string of the molecule is CCC(=O)Nc1ccc2c(c1)[nH]c(=O)n2C. The Balaban J connectivity index is 2.45. The summed E-state index contributed by atoms with van der Waals surface area (Å²) in [7, 11) is 1.70. The molecule has 1 aromatic heterocycles. The monoisotopic (exact) mass is 219 g/mol. The molecule has 0 saturated heterocycles. The molecular weight excluding hydrogens is 206 g/mol. The first-order valence-electron chi connectivity index (χ1n) is 5.10. The van der Waals surface area contributed by atoms with E-state index in [1.807, 2.05) is 0 Å². The van der Waals surface area contributed by atoms with Gasteiger partial charge in [-0.15, -0.1) is 0 Å². The fraction of sp³-hybridized carbons (Fsp3) is 0.273. The topological polar surface area (TPSA) is 66.9 Å². The van der Waals surface area contributed by atoms with Crippen LogP contribution >= 0.6 is 0 Å². The summed E-state index contributed by atoms with van der Waals surface area (Å²) >= 11 is 0. The molecule has 2 N–H and O–H groups in total. The molecule has 0 spiro atoms. The Hall–Kier alpha value is -2.04. The molecule has 84 valence electrons. The maximum Gasteiger partial charge on any atom is 0.326 e. The molecule has 0 unspecified atom stereocenters. The summed E-state index contributed by atoms with van der Waals surface area (Å²) in [6.07, 6.45) is 0.434. The zero-order chi connectivity index (χ0) is 11.7. The van der Waals surface area contributed by atoms with Gasteiger partial charge in [0.25, 0.3) is 0 Å². The van der Waals surface area contributed by atoms with Crippen LogP contribution in [0.15, 0.2) is 23.0 Å². The summed E-state index contributed by atoms with van der Waals surface area (Å²) in [6.45, 7) is 1.79. The molecule has 2 rings (SSSR count). The van der Waals surface area contributed by atoms with Gasteiger partial charge in [-0.05, 0) is 18.2 Å². The van der Waals surface area contributed by atoms with Gasteiger partial charge in [0.05, 0.1) is 11.0 Å². The van der Waals surface area contributed by atoms with Gasteiger partial charge in [-0.25, -0.2) is 4.79 Å². The van der Waals surface area contributed by atoms with Gasteiger partial charge in [0.15, 0.2) is 0 Å². The van der Waals surface area contributed by atoms with Crippen LogP contribution in [0.5, 0.6) is 0 Å². The quantitative estimate of drug-likeness (QED) is 0.797. The summed E-state index contributed by atoms with van der Waals surface area (Å²) < 4.78 is 1.53. The van der Waals surface area contributed by atoms with Gasteiger partial charge >= 0.3 is 5.69 Å². The van der Waals surface area contributed by atoms with E-state index in [1.165, 1.54) is 4.57 Å². The second kappa shape index (κ2) is 3.84. The standard InChI is InChI=1S/C11H13N3O2/c1-3-10(15)12-7-4-5-9-8(6-7)13-11(16)14(9)2/h4-6H,3H2,1-2H3,(H,12,15)(H,13,16). The summed E-state index contributed by atoms with van der Waals surface area (Å²) in [6, 6.07) is 5.34. The van der Waals surface area contributed by atoms with E-state index in [4.69, 9.17) is 0 Å². The van der Waals surface area contributed by atoms with E-state index in [-0.39, 0.29) is 11.6 Å². The van der Waals surface area contributed by atoms with E-state index in [1.54, 1.807) is 32.2 Å². The van der Waals surface area contributed by atoms with E-state index < -0.39 is 0 Å². The highest BCUT2D eigenvalue weighted by Crippen LogP contribution is 2.15. The van der Waals surface area contributed by atoms with Crippen LogP contribution in [0.4, 0.5) is 5.69 Å². The maximum absolute atomic E-state index is 11.3. The third-order valence-corrected chi connectivity index (χ3v) is 2.51. The molecule has 16 heavy (non-hydrogen) atoms. The number of aromatic amines is 1. The second-order valence-electron chi connectivity index (χ2n) is 3.62. The molecule has 0 aliphatic rings. The van der Waals surface area contributed by atoms with Gasteiger partial charge < -0.3 is 10.3 Å². The molecule has 0 bridgehead atoms. The van der Waals surface area contributed by atoms with Gasteiger partial charge in [0, 0.05) is 19.2 Å². The summed E-state index contributed by atoms with van der Waals surface area (Å²) in [5.74, 6) is -0.0439. The van der Waals surface area contributed by atoms with Crippen LogP contribution in [0.25, 0.3) is 11.0 Å². The van der Waals surface area contributed by atoms with Gasteiger partial charge in [-0.1, -0.05) is 6.92 Å². The summed E-state index contributed by atoms with van der Waals surface area (Å²) in [4.78, 5) is 25.3. The van der Waals surface area contributed by atoms with Crippen molar-refractivity contribution >= 4 is 22.6 Å². The van der Waals surface area contributed by atoms with Crippen molar-refractivity contribution in [2.24, 2.45) is 7.05 Å². The third-order valence-electron chi connectivity index (χ3n) is 2.51. The van der Waals surface area contributed by atoms with E-state index in [9.17, 15) is 9.59 Å². The van der Waals surface area contributed by atoms with Crippen molar-refractivity contribution in [3.05, 3.63) is 28.7 Å². The lowest BCUT2D eigenvalue weighted by Gasteiger charge is -2.03. The molecule has 5 nitrogen and oxygen atoms in total. The molecule has 1 aromatic carbocycles. The lowest BCUT2D eigenvalue weighted by atomic mass is 10.2. The smallest absolute Gasteiger partial charge is 0.326 e. The maximum atomic E-state index is 11.3. The number of hydrogen-bond acceptors (Lipinski definition) is 2. The van der Waals surface area contributed by atoms with Crippen LogP contribution in [0.1, 0.15) is 13.3 Å². The number of carbonyl (C=O) groups is 1. The molecule has 0 saturated carbocycles. The van der Waals surface area contributed by atoms with Gasteiger partial charge in [-0.2, -0.15) is 0 Å². The minimum atomic E-state index is -0.158. The highest BCUT2D eigenvalue weighted by atomic mass is 16.2. The van der Waals surface area contributed by atoms with Gasteiger partial charge in [0.2, 0.25) is 5.91 Å². The van der Waals surface area contributed by atoms with Crippen LogP contribution in [-0.4, -0.2) is 15.5 Å². The zero-order valence-corrected chi connectivity index (χ0v) is 9.20. The van der Waals surface area contributed by atoms with Crippen molar-refractivity contribution in [2.45, 2.75) is 13.3 Å². The molecule has 1 amide bonds. The number of aromatic nitrogens is 2. The van der Waals surface area contributed by atoms with Crippen molar-refractivity contribution < 1.29 is 4.79 Å². The molecule has 1 heterocycles. The molecule has 0 radical (unpaired) electrons. The number of imidazole rings is 1. The Morgan fingerprint density at radius 3 is 2.94 bits per heavy atom. The number of rotatable bonds is 2. The predicted molar refractivity (Wildman–Crippen MR) is 62.5 cm³/mol. The van der Waals surface area contributed by atoms with Crippen LogP contribution in [0, 0.1) is 0 Å². The Kier molecular flexibility index (Phi) is 2.52. The Morgan fingerprint density at radius 2 is 2.25 bits per heavy atom. The van der Waals surface area contributed by atoms with Crippen LogP contribution in [0.3, 0.4) is 0 Å². The van der Waals surface area contributed by atoms with E-state index in [0.29, 0.717) is 12.1 Å². The minimum absolute atomic E-state index is 0.0439. The molecule has 2 aromatic rings. The number of nitrogens with zero attached hydrogens (tertiary/aromatic N) is 1. The van der Waals surface area contributed by atoms with Crippen molar-refractivity contribution in [2.75, 3.05) is 5.32 Å². The highest BCUT2D eigenvalue weighted by molar-refractivity contribution is 5.92. The number of carbonyl (C=O) groups excluding carboxylic acids is 1. The summed E-state index contributed by atoms with van der Waals surface area (Å²) in [5.41, 5.74) is 2.08. The molecule has 0 atom stereocenters. The summed E-state index contributed by atoms with van der Waals surface area (Å²) in [5, 5.41) is 2.74. The number of aryl methyl sites for hydroxylation is 1. The number of hydrogen-bond donors (Lipinski definition) is 2. The molecule has 5 heteroatoms. The van der Waals surface area contributed by atoms with Crippen LogP contribution in [-0.2, 0) is 11.8 Å². The first-order chi connectivity index (χ1) is 7.61. The fourth-order valence-electron chi connectivity index (χ4n) is 1.56. The Morgan fingerprint density at radius 1 is 1.50 bits per heavy atom. The predicted octanol–water partition coefficient (Wildman–Crippen LogP) is 1.22. The minimum Gasteiger partial charge on any atom is -0.326 e. The van der Waals surface area contributed by atoms with E-state index in [0.717, 1.165) is 11.0 Å². The average molecular weight is 219 g/mol. The number of fused-ring (bicyclic) bond motifs is 1. The number of H-pyrrole nitrogens is 1. The van der Waals surface area contributed by atoms with E-state index >= 15 is 0 Å². The second-order valence-corrected chi connectivity index (χ2v) is 3.62. The first kappa shape index (κ1) is 10.5. The third kappa shape index (κ3) is 1.71. The fourth-order valence-corrected chi connectivity index (χ4v) is 1.56. The molecular formula is C11H13N3O2. The number of nitrogens with one attached hydrogen (secondary N) is 2. The lowest BCUT2D eigenvalue weighted by molar-refractivity contribution is -0.115. The average Bonchev–Trinajstić information content (AvgIpc) is 2.54. The highest BCUT2D eigenvalue weighted by Gasteiger charge is 2.04. The molecule has 0 aliphatic carbocycles. The van der Waals surface area contributed by atoms with Gasteiger partial charge in [0.1, 0.15) is 0 Å². The van der Waals surface area contributed by atoms with Gasteiger partial charge in [-0.3, -0.25) is 9.36 Å². The normalized spacial score (nSPS) is 10.6. The van der Waals surface area contributed by atoms with Crippen molar-refractivity contribution in [3.63, 3.8) is 0 Å². The molecule has 0 fully saturated rings. The van der Waals surface area contributed by atoms with Crippen LogP contribution in [0.2, 0.25) is 0 Å². The largest absolute Gasteiger partial charge is 0.326 e. The van der Waals surface area contributed by atoms with Crippen molar-refractivity contribution in [3.8, 4) is 0 Å². The number of benzene rings is 1. The number of amides is 1. The lowest BCUT2D eigenvalue weighted by Crippen LogP contribution is -2.11.